The summed E-state index contributed by atoms with van der Waals surface area (Å²) < 4.78 is 15.0. The molecule has 2 aromatic rings. The quantitative estimate of drug-likeness (QED) is 0.697. The first-order chi connectivity index (χ1) is 12.7. The number of fused-ring (bicyclic) bond motifs is 1. The first-order valence-electron chi connectivity index (χ1n) is 9.58. The maximum atomic E-state index is 15.0. The first-order valence-corrected chi connectivity index (χ1v) is 9.58. The van der Waals surface area contributed by atoms with Crippen molar-refractivity contribution in [2.75, 3.05) is 0 Å². The number of rotatable bonds is 4. The van der Waals surface area contributed by atoms with Gasteiger partial charge in [-0.05, 0) is 65.0 Å². The Kier molecular flexibility index (Phi) is 5.27. The Morgan fingerprint density at radius 1 is 1.26 bits per heavy atom. The van der Waals surface area contributed by atoms with E-state index in [9.17, 15) is 14.3 Å². The third kappa shape index (κ3) is 4.15. The largest absolute Gasteiger partial charge is 0.465 e. The van der Waals surface area contributed by atoms with Gasteiger partial charge in [0, 0.05) is 5.56 Å². The summed E-state index contributed by atoms with van der Waals surface area (Å²) in [7, 11) is 0. The van der Waals surface area contributed by atoms with Crippen molar-refractivity contribution in [3.8, 4) is 11.1 Å². The van der Waals surface area contributed by atoms with Crippen LogP contribution in [0, 0.1) is 17.2 Å². The van der Waals surface area contributed by atoms with Crippen molar-refractivity contribution in [1.82, 2.24) is 5.32 Å². The molecule has 1 unspecified atom stereocenters. The summed E-state index contributed by atoms with van der Waals surface area (Å²) in [6.07, 6.45) is 1.60. The van der Waals surface area contributed by atoms with Crippen molar-refractivity contribution in [2.24, 2.45) is 11.3 Å². The van der Waals surface area contributed by atoms with E-state index in [1.54, 1.807) is 0 Å². The fraction of sp³-hybridized carbons (Fsp3) is 0.435. The smallest absolute Gasteiger partial charge is 0.405 e. The van der Waals surface area contributed by atoms with Gasteiger partial charge in [0.2, 0.25) is 0 Å². The Labute approximate surface area is 160 Å². The van der Waals surface area contributed by atoms with Crippen molar-refractivity contribution in [2.45, 2.75) is 53.0 Å². The lowest BCUT2D eigenvalue weighted by atomic mass is 9.70. The van der Waals surface area contributed by atoms with Crippen LogP contribution >= 0.6 is 0 Å². The second-order valence-corrected chi connectivity index (χ2v) is 8.70. The predicted molar refractivity (Wildman–Crippen MR) is 106 cm³/mol. The molecule has 0 radical (unpaired) electrons. The van der Waals surface area contributed by atoms with E-state index in [0.717, 1.165) is 36.0 Å². The lowest BCUT2D eigenvalue weighted by Gasteiger charge is -2.40. The van der Waals surface area contributed by atoms with Gasteiger partial charge >= 0.3 is 6.09 Å². The highest BCUT2D eigenvalue weighted by Crippen LogP contribution is 2.45. The highest BCUT2D eigenvalue weighted by Gasteiger charge is 2.37. The Balaban J connectivity index is 1.98. The van der Waals surface area contributed by atoms with Crippen LogP contribution in [0.3, 0.4) is 0 Å². The lowest BCUT2D eigenvalue weighted by molar-refractivity contribution is 0.161. The SMILES string of the molecule is CC(C)Cc1ccc(-c2cc3c(cc2F)C(NC(=O)O)C(C)(C)CC3)cc1. The van der Waals surface area contributed by atoms with Crippen LogP contribution in [0.4, 0.5) is 9.18 Å². The molecule has 0 saturated carbocycles. The first kappa shape index (κ1) is 19.4. The van der Waals surface area contributed by atoms with Crippen molar-refractivity contribution in [3.05, 3.63) is 58.9 Å². The van der Waals surface area contributed by atoms with Crippen molar-refractivity contribution >= 4 is 6.09 Å². The van der Waals surface area contributed by atoms with Crippen molar-refractivity contribution in [3.63, 3.8) is 0 Å². The average molecular weight is 369 g/mol. The molecule has 0 spiro atoms. The van der Waals surface area contributed by atoms with Gasteiger partial charge in [0.05, 0.1) is 6.04 Å². The molecule has 4 heteroatoms. The van der Waals surface area contributed by atoms with Crippen molar-refractivity contribution < 1.29 is 14.3 Å². The van der Waals surface area contributed by atoms with Gasteiger partial charge in [-0.25, -0.2) is 9.18 Å². The average Bonchev–Trinajstić information content (AvgIpc) is 2.57. The zero-order valence-electron chi connectivity index (χ0n) is 16.5. The van der Waals surface area contributed by atoms with Gasteiger partial charge in [0.1, 0.15) is 5.82 Å². The molecule has 0 saturated heterocycles. The predicted octanol–water partition coefficient (Wildman–Crippen LogP) is 5.97. The summed E-state index contributed by atoms with van der Waals surface area (Å²) in [6.45, 7) is 8.41. The topological polar surface area (TPSA) is 49.3 Å². The Hall–Kier alpha value is -2.36. The molecule has 2 aromatic carbocycles. The normalized spacial score (nSPS) is 18.2. The van der Waals surface area contributed by atoms with Crippen LogP contribution in [0.5, 0.6) is 0 Å². The summed E-state index contributed by atoms with van der Waals surface area (Å²) in [5, 5.41) is 11.8. The van der Waals surface area contributed by atoms with Crippen LogP contribution in [0.2, 0.25) is 0 Å². The van der Waals surface area contributed by atoms with Crippen LogP contribution < -0.4 is 5.32 Å². The second-order valence-electron chi connectivity index (χ2n) is 8.70. The van der Waals surface area contributed by atoms with E-state index in [-0.39, 0.29) is 11.2 Å². The lowest BCUT2D eigenvalue weighted by Crippen LogP contribution is -2.40. The van der Waals surface area contributed by atoms with Gasteiger partial charge in [0.15, 0.2) is 0 Å². The summed E-state index contributed by atoms with van der Waals surface area (Å²) in [5.74, 6) is 0.276. The number of hydrogen-bond donors (Lipinski definition) is 2. The highest BCUT2D eigenvalue weighted by molar-refractivity contribution is 5.68. The number of amides is 1. The Morgan fingerprint density at radius 3 is 2.52 bits per heavy atom. The fourth-order valence-corrected chi connectivity index (χ4v) is 4.05. The molecule has 27 heavy (non-hydrogen) atoms. The van der Waals surface area contributed by atoms with Gasteiger partial charge < -0.3 is 10.4 Å². The number of hydrogen-bond acceptors (Lipinski definition) is 1. The number of aryl methyl sites for hydroxylation is 1. The molecular formula is C23H28FNO2. The third-order valence-electron chi connectivity index (χ3n) is 5.54. The molecule has 1 amide bonds. The van der Waals surface area contributed by atoms with Gasteiger partial charge in [-0.2, -0.15) is 0 Å². The Morgan fingerprint density at radius 2 is 1.93 bits per heavy atom. The summed E-state index contributed by atoms with van der Waals surface area (Å²) in [5.41, 5.74) is 4.22. The molecule has 0 fully saturated rings. The van der Waals surface area contributed by atoms with Crippen LogP contribution in [0.1, 0.15) is 56.8 Å². The molecule has 0 aromatic heterocycles. The van der Waals surface area contributed by atoms with E-state index in [0.29, 0.717) is 11.5 Å². The molecule has 0 aliphatic heterocycles. The van der Waals surface area contributed by atoms with E-state index >= 15 is 0 Å². The van der Waals surface area contributed by atoms with Crippen LogP contribution in [-0.2, 0) is 12.8 Å². The summed E-state index contributed by atoms with van der Waals surface area (Å²) >= 11 is 0. The molecule has 3 nitrogen and oxygen atoms in total. The highest BCUT2D eigenvalue weighted by atomic mass is 19.1. The van der Waals surface area contributed by atoms with Crippen LogP contribution in [0.25, 0.3) is 11.1 Å². The minimum Gasteiger partial charge on any atom is -0.465 e. The monoisotopic (exact) mass is 369 g/mol. The molecule has 144 valence electrons. The standard InChI is InChI=1S/C23H28FNO2/c1-14(2)11-15-5-7-16(8-6-15)18-12-17-9-10-23(3,4)21(25-22(26)27)19(17)13-20(18)24/h5-8,12-14,21,25H,9-11H2,1-4H3,(H,26,27). The number of nitrogens with one attached hydrogen (secondary N) is 1. The van der Waals surface area contributed by atoms with E-state index in [1.807, 2.05) is 32.0 Å². The van der Waals surface area contributed by atoms with Crippen LogP contribution in [-0.4, -0.2) is 11.2 Å². The number of carbonyl (C=O) groups is 1. The maximum absolute atomic E-state index is 15.0. The minimum atomic E-state index is -1.08. The molecule has 2 N–H and O–H groups in total. The van der Waals surface area contributed by atoms with Gasteiger partial charge in [-0.15, -0.1) is 0 Å². The molecule has 3 rings (SSSR count). The number of halogens is 1. The minimum absolute atomic E-state index is 0.252. The van der Waals surface area contributed by atoms with Gasteiger partial charge in [-0.3, -0.25) is 0 Å². The summed E-state index contributed by atoms with van der Waals surface area (Å²) in [4.78, 5) is 11.2. The molecule has 1 atom stereocenters. The number of benzene rings is 2. The van der Waals surface area contributed by atoms with Crippen molar-refractivity contribution in [1.29, 1.82) is 0 Å². The van der Waals surface area contributed by atoms with E-state index < -0.39 is 12.1 Å². The molecule has 0 bridgehead atoms. The molecule has 1 aliphatic rings. The zero-order valence-corrected chi connectivity index (χ0v) is 16.5. The van der Waals surface area contributed by atoms with Gasteiger partial charge in [-0.1, -0.05) is 52.0 Å². The molecule has 0 heterocycles. The number of carboxylic acid groups (broad SMARTS) is 1. The maximum Gasteiger partial charge on any atom is 0.405 e. The Bertz CT molecular complexity index is 840. The molecular weight excluding hydrogens is 341 g/mol. The third-order valence-corrected chi connectivity index (χ3v) is 5.54. The van der Waals surface area contributed by atoms with E-state index in [4.69, 9.17) is 0 Å². The fourth-order valence-electron chi connectivity index (χ4n) is 4.05. The zero-order chi connectivity index (χ0) is 19.8. The van der Waals surface area contributed by atoms with E-state index in [1.165, 1.54) is 11.6 Å². The van der Waals surface area contributed by atoms with Gasteiger partial charge in [0.25, 0.3) is 0 Å². The van der Waals surface area contributed by atoms with E-state index in [2.05, 4.69) is 31.3 Å². The summed E-state index contributed by atoms with van der Waals surface area (Å²) in [6, 6.07) is 11.1. The van der Waals surface area contributed by atoms with Crippen LogP contribution in [0.15, 0.2) is 36.4 Å². The molecule has 1 aliphatic carbocycles. The second kappa shape index (κ2) is 7.34.